The molecule has 1 unspecified atom stereocenters. The molecule has 23 heavy (non-hydrogen) atoms. The highest BCUT2D eigenvalue weighted by Crippen LogP contribution is 2.15. The first-order valence-corrected chi connectivity index (χ1v) is 7.62. The Hall–Kier alpha value is -2.46. The van der Waals surface area contributed by atoms with Crippen LogP contribution in [0.3, 0.4) is 0 Å². The van der Waals surface area contributed by atoms with E-state index in [-0.39, 0.29) is 5.78 Å². The third kappa shape index (κ3) is 5.34. The predicted octanol–water partition coefficient (Wildman–Crippen LogP) is 3.12. The van der Waals surface area contributed by atoms with E-state index in [0.717, 1.165) is 11.1 Å². The zero-order valence-corrected chi connectivity index (χ0v) is 13.2. The van der Waals surface area contributed by atoms with Gasteiger partial charge in [-0.3, -0.25) is 14.5 Å². The van der Waals surface area contributed by atoms with E-state index in [9.17, 15) is 9.59 Å². The van der Waals surface area contributed by atoms with Gasteiger partial charge in [0, 0.05) is 13.1 Å². The van der Waals surface area contributed by atoms with Crippen LogP contribution in [0.1, 0.15) is 24.5 Å². The number of carbonyl (C=O) groups excluding carboxylic acids is 1. The van der Waals surface area contributed by atoms with Gasteiger partial charge in [0.25, 0.3) is 0 Å². The molecule has 1 N–H and O–H groups in total. The van der Waals surface area contributed by atoms with Crippen LogP contribution in [0.4, 0.5) is 0 Å². The molecule has 0 bridgehead atoms. The van der Waals surface area contributed by atoms with E-state index >= 15 is 0 Å². The number of carboxylic acid groups (broad SMARTS) is 1. The molecule has 120 valence electrons. The summed E-state index contributed by atoms with van der Waals surface area (Å²) in [5.74, 6) is -1.36. The van der Waals surface area contributed by atoms with Gasteiger partial charge in [0.2, 0.25) is 0 Å². The number of nitrogens with zero attached hydrogens (tertiary/aromatic N) is 1. The lowest BCUT2D eigenvalue weighted by molar-refractivity contribution is -0.141. The third-order valence-electron chi connectivity index (χ3n) is 3.80. The molecule has 2 aromatic rings. The van der Waals surface area contributed by atoms with Crippen molar-refractivity contribution in [2.24, 2.45) is 0 Å². The SMILES string of the molecule is CC(C(=O)CC(=O)O)N(Cc1ccccc1)Cc1ccccc1. The molecule has 0 amide bonds. The number of aliphatic carboxylic acids is 1. The minimum atomic E-state index is -1.08. The summed E-state index contributed by atoms with van der Waals surface area (Å²) < 4.78 is 0. The number of Topliss-reactive ketones (excluding diaryl/α,β-unsaturated/α-hetero) is 1. The van der Waals surface area contributed by atoms with Crippen LogP contribution in [0, 0.1) is 0 Å². The molecular weight excluding hydrogens is 290 g/mol. The average Bonchev–Trinajstić information content (AvgIpc) is 2.55. The Morgan fingerprint density at radius 2 is 1.35 bits per heavy atom. The Morgan fingerprint density at radius 3 is 1.74 bits per heavy atom. The fraction of sp³-hybridized carbons (Fsp3) is 0.263. The monoisotopic (exact) mass is 311 g/mol. The molecular formula is C19H21NO3. The summed E-state index contributed by atoms with van der Waals surface area (Å²) in [5, 5.41) is 8.85. The number of rotatable bonds is 8. The lowest BCUT2D eigenvalue weighted by atomic mass is 10.1. The summed E-state index contributed by atoms with van der Waals surface area (Å²) in [4.78, 5) is 25.0. The third-order valence-corrected chi connectivity index (χ3v) is 3.80. The zero-order chi connectivity index (χ0) is 16.7. The lowest BCUT2D eigenvalue weighted by Gasteiger charge is -2.28. The van der Waals surface area contributed by atoms with Gasteiger partial charge in [0.05, 0.1) is 6.04 Å². The second-order valence-electron chi connectivity index (χ2n) is 5.59. The van der Waals surface area contributed by atoms with Crippen molar-refractivity contribution in [2.75, 3.05) is 0 Å². The molecule has 0 heterocycles. The van der Waals surface area contributed by atoms with Crippen LogP contribution in [0.5, 0.6) is 0 Å². The minimum absolute atomic E-state index is 0.274. The van der Waals surface area contributed by atoms with Crippen LogP contribution in [0.2, 0.25) is 0 Å². The first kappa shape index (κ1) is 16.9. The van der Waals surface area contributed by atoms with Crippen LogP contribution in [0.25, 0.3) is 0 Å². The normalized spacial score (nSPS) is 12.1. The maximum atomic E-state index is 12.2. The van der Waals surface area contributed by atoms with E-state index in [1.807, 2.05) is 65.6 Å². The van der Waals surface area contributed by atoms with Crippen molar-refractivity contribution in [1.82, 2.24) is 4.90 Å². The fourth-order valence-electron chi connectivity index (χ4n) is 2.47. The van der Waals surface area contributed by atoms with Crippen molar-refractivity contribution >= 4 is 11.8 Å². The van der Waals surface area contributed by atoms with Gasteiger partial charge in [-0.15, -0.1) is 0 Å². The van der Waals surface area contributed by atoms with Gasteiger partial charge in [-0.1, -0.05) is 60.7 Å². The molecule has 0 aliphatic heterocycles. The van der Waals surface area contributed by atoms with Crippen molar-refractivity contribution in [2.45, 2.75) is 32.5 Å². The van der Waals surface area contributed by atoms with Crippen molar-refractivity contribution in [3.05, 3.63) is 71.8 Å². The highest BCUT2D eigenvalue weighted by atomic mass is 16.4. The molecule has 0 saturated heterocycles. The first-order valence-electron chi connectivity index (χ1n) is 7.62. The van der Waals surface area contributed by atoms with Crippen LogP contribution in [-0.2, 0) is 22.7 Å². The van der Waals surface area contributed by atoms with E-state index in [2.05, 4.69) is 0 Å². The Balaban J connectivity index is 2.16. The van der Waals surface area contributed by atoms with Crippen molar-refractivity contribution < 1.29 is 14.7 Å². The Labute approximate surface area is 136 Å². The molecule has 0 fully saturated rings. The quantitative estimate of drug-likeness (QED) is 0.761. The summed E-state index contributed by atoms with van der Waals surface area (Å²) >= 11 is 0. The molecule has 4 heteroatoms. The number of benzene rings is 2. The Bertz CT molecular complexity index is 599. The summed E-state index contributed by atoms with van der Waals surface area (Å²) in [6, 6.07) is 19.3. The molecule has 0 saturated carbocycles. The maximum Gasteiger partial charge on any atom is 0.310 e. The van der Waals surface area contributed by atoms with Crippen molar-refractivity contribution in [3.63, 3.8) is 0 Å². The molecule has 0 radical (unpaired) electrons. The van der Waals surface area contributed by atoms with Gasteiger partial charge in [0.15, 0.2) is 5.78 Å². The van der Waals surface area contributed by atoms with Gasteiger partial charge in [-0.05, 0) is 18.1 Å². The van der Waals surface area contributed by atoms with Crippen LogP contribution >= 0.6 is 0 Å². The standard InChI is InChI=1S/C19H21NO3/c1-15(18(21)12-19(22)23)20(13-16-8-4-2-5-9-16)14-17-10-6-3-7-11-17/h2-11,15H,12-14H2,1H3,(H,22,23). The Kier molecular flexibility index (Phi) is 6.06. The van der Waals surface area contributed by atoms with Gasteiger partial charge in [-0.2, -0.15) is 0 Å². The predicted molar refractivity (Wildman–Crippen MR) is 88.9 cm³/mol. The number of carbonyl (C=O) groups is 2. The second-order valence-corrected chi connectivity index (χ2v) is 5.59. The fourth-order valence-corrected chi connectivity index (χ4v) is 2.47. The summed E-state index contributed by atoms with van der Waals surface area (Å²) in [6.07, 6.45) is -0.443. The lowest BCUT2D eigenvalue weighted by Crippen LogP contribution is -2.38. The molecule has 1 atom stereocenters. The van der Waals surface area contributed by atoms with E-state index < -0.39 is 18.4 Å². The number of hydrogen-bond acceptors (Lipinski definition) is 3. The van der Waals surface area contributed by atoms with Crippen LogP contribution < -0.4 is 0 Å². The van der Waals surface area contributed by atoms with Gasteiger partial charge in [0.1, 0.15) is 6.42 Å². The van der Waals surface area contributed by atoms with Crippen molar-refractivity contribution in [3.8, 4) is 0 Å². The molecule has 0 spiro atoms. The van der Waals surface area contributed by atoms with Gasteiger partial charge >= 0.3 is 5.97 Å². The van der Waals surface area contributed by atoms with Crippen molar-refractivity contribution in [1.29, 1.82) is 0 Å². The summed E-state index contributed by atoms with van der Waals surface area (Å²) in [7, 11) is 0. The number of carboxylic acids is 1. The first-order chi connectivity index (χ1) is 11.1. The highest BCUT2D eigenvalue weighted by molar-refractivity contribution is 5.97. The molecule has 0 aliphatic rings. The molecule has 4 nitrogen and oxygen atoms in total. The topological polar surface area (TPSA) is 57.6 Å². The molecule has 2 aromatic carbocycles. The zero-order valence-electron chi connectivity index (χ0n) is 13.2. The smallest absolute Gasteiger partial charge is 0.310 e. The largest absolute Gasteiger partial charge is 0.481 e. The number of ketones is 1. The molecule has 0 aliphatic carbocycles. The molecule has 0 aromatic heterocycles. The van der Waals surface area contributed by atoms with E-state index in [0.29, 0.717) is 13.1 Å². The van der Waals surface area contributed by atoms with Gasteiger partial charge in [-0.25, -0.2) is 0 Å². The molecule has 2 rings (SSSR count). The number of hydrogen-bond donors (Lipinski definition) is 1. The van der Waals surface area contributed by atoms with E-state index in [1.165, 1.54) is 0 Å². The van der Waals surface area contributed by atoms with Crippen LogP contribution in [-0.4, -0.2) is 27.8 Å². The maximum absolute atomic E-state index is 12.2. The Morgan fingerprint density at radius 1 is 0.913 bits per heavy atom. The average molecular weight is 311 g/mol. The second kappa shape index (κ2) is 8.25. The summed E-state index contributed by atoms with van der Waals surface area (Å²) in [5.41, 5.74) is 2.19. The van der Waals surface area contributed by atoms with E-state index in [4.69, 9.17) is 5.11 Å². The van der Waals surface area contributed by atoms with Gasteiger partial charge < -0.3 is 5.11 Å². The highest BCUT2D eigenvalue weighted by Gasteiger charge is 2.23. The minimum Gasteiger partial charge on any atom is -0.481 e. The summed E-state index contributed by atoms with van der Waals surface area (Å²) in [6.45, 7) is 2.97. The van der Waals surface area contributed by atoms with E-state index in [1.54, 1.807) is 6.92 Å². The van der Waals surface area contributed by atoms with Crippen LogP contribution in [0.15, 0.2) is 60.7 Å².